The van der Waals surface area contributed by atoms with Gasteiger partial charge in [-0.2, -0.15) is 0 Å². The number of likely N-dealkylation sites (tertiary alicyclic amines) is 1. The monoisotopic (exact) mass is 331 g/mol. The van der Waals surface area contributed by atoms with Crippen molar-refractivity contribution in [1.82, 2.24) is 24.6 Å². The zero-order chi connectivity index (χ0) is 16.4. The largest absolute Gasteiger partial charge is 0.421 e. The fraction of sp³-hybridized carbons (Fsp3) is 0.706. The van der Waals surface area contributed by atoms with E-state index in [4.69, 9.17) is 9.15 Å². The molecule has 0 saturated carbocycles. The van der Waals surface area contributed by atoms with Crippen molar-refractivity contribution in [3.05, 3.63) is 30.0 Å². The first-order valence-corrected chi connectivity index (χ1v) is 9.04. The molecule has 0 amide bonds. The molecule has 7 nitrogen and oxygen atoms in total. The molecule has 2 saturated heterocycles. The van der Waals surface area contributed by atoms with Crippen molar-refractivity contribution >= 4 is 0 Å². The van der Waals surface area contributed by atoms with Crippen LogP contribution in [0.15, 0.2) is 16.8 Å². The number of rotatable bonds is 5. The van der Waals surface area contributed by atoms with Gasteiger partial charge in [-0.25, -0.2) is 4.98 Å². The summed E-state index contributed by atoms with van der Waals surface area (Å²) in [6, 6.07) is 0.184. The summed E-state index contributed by atoms with van der Waals surface area (Å²) in [6.07, 6.45) is 9.40. The minimum absolute atomic E-state index is 0.0118. The standard InChI is InChI=1S/C17H25N5O2/c1-2-21-10-8-18-15(21)12-22-9-4-3-6-13(22)16-19-20-17(24-16)14-7-5-11-23-14/h8,10,13-14H,2-7,9,11-12H2,1H3/t13?,14-/m1/s1. The third-order valence-electron chi connectivity index (χ3n) is 5.05. The van der Waals surface area contributed by atoms with Gasteiger partial charge in [0.05, 0.1) is 12.6 Å². The van der Waals surface area contributed by atoms with Crippen LogP contribution in [0, 0.1) is 0 Å². The summed E-state index contributed by atoms with van der Waals surface area (Å²) in [6.45, 7) is 5.74. The number of ether oxygens (including phenoxy) is 1. The first-order valence-electron chi connectivity index (χ1n) is 9.04. The van der Waals surface area contributed by atoms with E-state index < -0.39 is 0 Å². The van der Waals surface area contributed by atoms with Crippen LogP contribution in [0.4, 0.5) is 0 Å². The van der Waals surface area contributed by atoms with Crippen molar-refractivity contribution < 1.29 is 9.15 Å². The lowest BCUT2D eigenvalue weighted by atomic mass is 10.0. The average Bonchev–Trinajstić information content (AvgIpc) is 3.36. The summed E-state index contributed by atoms with van der Waals surface area (Å²) in [5, 5.41) is 8.59. The first kappa shape index (κ1) is 15.8. The van der Waals surface area contributed by atoms with E-state index in [1.807, 2.05) is 12.4 Å². The van der Waals surface area contributed by atoms with Crippen LogP contribution < -0.4 is 0 Å². The summed E-state index contributed by atoms with van der Waals surface area (Å²) in [5.74, 6) is 2.47. The molecule has 2 aromatic rings. The maximum absolute atomic E-state index is 6.00. The molecule has 1 unspecified atom stereocenters. The van der Waals surface area contributed by atoms with E-state index in [2.05, 4.69) is 31.6 Å². The van der Waals surface area contributed by atoms with E-state index in [1.54, 1.807) is 0 Å². The zero-order valence-electron chi connectivity index (χ0n) is 14.2. The Kier molecular flexibility index (Phi) is 4.62. The maximum atomic E-state index is 6.00. The van der Waals surface area contributed by atoms with Gasteiger partial charge in [-0.1, -0.05) is 6.42 Å². The quantitative estimate of drug-likeness (QED) is 0.839. The number of hydrogen-bond acceptors (Lipinski definition) is 6. The summed E-state index contributed by atoms with van der Waals surface area (Å²) in [5.41, 5.74) is 0. The molecule has 24 heavy (non-hydrogen) atoms. The normalized spacial score (nSPS) is 25.4. The topological polar surface area (TPSA) is 69.2 Å². The molecule has 0 N–H and O–H groups in total. The predicted octanol–water partition coefficient (Wildman–Crippen LogP) is 2.86. The van der Waals surface area contributed by atoms with Crippen LogP contribution in [0.1, 0.15) is 68.8 Å². The smallest absolute Gasteiger partial charge is 0.245 e. The first-order chi connectivity index (χ1) is 11.8. The molecule has 130 valence electrons. The van der Waals surface area contributed by atoms with Crippen LogP contribution in [0.3, 0.4) is 0 Å². The van der Waals surface area contributed by atoms with E-state index in [1.165, 1.54) is 12.8 Å². The van der Waals surface area contributed by atoms with E-state index in [0.29, 0.717) is 5.89 Å². The van der Waals surface area contributed by atoms with Crippen LogP contribution >= 0.6 is 0 Å². The molecule has 0 aliphatic carbocycles. The number of imidazole rings is 1. The molecule has 7 heteroatoms. The van der Waals surface area contributed by atoms with Crippen molar-refractivity contribution in [3.63, 3.8) is 0 Å². The van der Waals surface area contributed by atoms with Crippen molar-refractivity contribution in [2.75, 3.05) is 13.2 Å². The van der Waals surface area contributed by atoms with Gasteiger partial charge in [-0.3, -0.25) is 4.90 Å². The molecular formula is C17H25N5O2. The minimum atomic E-state index is -0.0118. The predicted molar refractivity (Wildman–Crippen MR) is 87.1 cm³/mol. The number of piperidine rings is 1. The summed E-state index contributed by atoms with van der Waals surface area (Å²) in [4.78, 5) is 6.93. The third kappa shape index (κ3) is 3.10. The van der Waals surface area contributed by atoms with Crippen LogP contribution in [0.25, 0.3) is 0 Å². The summed E-state index contributed by atoms with van der Waals surface area (Å²) in [7, 11) is 0. The molecule has 0 spiro atoms. The fourth-order valence-corrected chi connectivity index (χ4v) is 3.70. The Labute approximate surface area is 142 Å². The molecule has 4 rings (SSSR count). The Morgan fingerprint density at radius 3 is 2.92 bits per heavy atom. The second-order valence-electron chi connectivity index (χ2n) is 6.59. The summed E-state index contributed by atoms with van der Waals surface area (Å²) >= 11 is 0. The van der Waals surface area contributed by atoms with Crippen LogP contribution in [0.5, 0.6) is 0 Å². The number of hydrogen-bond donors (Lipinski definition) is 0. The van der Waals surface area contributed by atoms with E-state index >= 15 is 0 Å². The highest BCUT2D eigenvalue weighted by atomic mass is 16.5. The zero-order valence-corrected chi connectivity index (χ0v) is 14.2. The third-order valence-corrected chi connectivity index (χ3v) is 5.05. The van der Waals surface area contributed by atoms with Crippen LogP contribution in [-0.4, -0.2) is 37.8 Å². The van der Waals surface area contributed by atoms with Crippen molar-refractivity contribution in [1.29, 1.82) is 0 Å². The Morgan fingerprint density at radius 2 is 2.08 bits per heavy atom. The number of nitrogens with zero attached hydrogens (tertiary/aromatic N) is 5. The highest BCUT2D eigenvalue weighted by Crippen LogP contribution is 2.34. The Morgan fingerprint density at radius 1 is 1.17 bits per heavy atom. The van der Waals surface area contributed by atoms with Gasteiger partial charge < -0.3 is 13.7 Å². The lowest BCUT2D eigenvalue weighted by Crippen LogP contribution is -2.34. The molecule has 2 aliphatic rings. The van der Waals surface area contributed by atoms with Crippen molar-refractivity contribution in [3.8, 4) is 0 Å². The highest BCUT2D eigenvalue weighted by molar-refractivity contribution is 4.99. The van der Waals surface area contributed by atoms with Crippen LogP contribution in [-0.2, 0) is 17.8 Å². The number of aryl methyl sites for hydroxylation is 1. The minimum Gasteiger partial charge on any atom is -0.421 e. The molecular weight excluding hydrogens is 306 g/mol. The van der Waals surface area contributed by atoms with E-state index in [0.717, 1.165) is 57.2 Å². The second kappa shape index (κ2) is 7.03. The SMILES string of the molecule is CCn1ccnc1CN1CCCCC1c1nnc([C@H]2CCCO2)o1. The molecule has 4 heterocycles. The van der Waals surface area contributed by atoms with E-state index in [9.17, 15) is 0 Å². The fourth-order valence-electron chi connectivity index (χ4n) is 3.70. The van der Waals surface area contributed by atoms with Gasteiger partial charge in [-0.15, -0.1) is 10.2 Å². The van der Waals surface area contributed by atoms with Gasteiger partial charge in [0.15, 0.2) is 0 Å². The van der Waals surface area contributed by atoms with Crippen LogP contribution in [0.2, 0.25) is 0 Å². The molecule has 2 fully saturated rings. The van der Waals surface area contributed by atoms with Gasteiger partial charge >= 0.3 is 0 Å². The van der Waals surface area contributed by atoms with Gasteiger partial charge in [0.2, 0.25) is 11.8 Å². The van der Waals surface area contributed by atoms with Gasteiger partial charge in [0.1, 0.15) is 11.9 Å². The maximum Gasteiger partial charge on any atom is 0.245 e. The van der Waals surface area contributed by atoms with Crippen molar-refractivity contribution in [2.45, 2.75) is 64.3 Å². The lowest BCUT2D eigenvalue weighted by Gasteiger charge is -2.33. The Hall–Kier alpha value is -1.73. The van der Waals surface area contributed by atoms with Gasteiger partial charge in [-0.05, 0) is 39.2 Å². The molecule has 2 aliphatic heterocycles. The second-order valence-corrected chi connectivity index (χ2v) is 6.59. The molecule has 0 aromatic carbocycles. The average molecular weight is 331 g/mol. The molecule has 0 bridgehead atoms. The highest BCUT2D eigenvalue weighted by Gasteiger charge is 2.31. The van der Waals surface area contributed by atoms with Crippen molar-refractivity contribution in [2.24, 2.45) is 0 Å². The molecule has 2 atom stereocenters. The molecule has 2 aromatic heterocycles. The number of aromatic nitrogens is 4. The molecule has 0 radical (unpaired) electrons. The lowest BCUT2D eigenvalue weighted by molar-refractivity contribution is 0.0787. The van der Waals surface area contributed by atoms with Gasteiger partial charge in [0.25, 0.3) is 0 Å². The van der Waals surface area contributed by atoms with Gasteiger partial charge in [0, 0.05) is 25.5 Å². The van der Waals surface area contributed by atoms with E-state index in [-0.39, 0.29) is 12.1 Å². The Balaban J connectivity index is 1.51. The Bertz CT molecular complexity index is 661. The summed E-state index contributed by atoms with van der Waals surface area (Å²) < 4.78 is 13.8.